The number of halogens is 2. The highest BCUT2D eigenvalue weighted by atomic mass is 19.3. The van der Waals surface area contributed by atoms with Crippen LogP contribution in [0, 0.1) is 0 Å². The monoisotopic (exact) mass is 325 g/mol. The van der Waals surface area contributed by atoms with E-state index in [1.807, 2.05) is 6.92 Å². The Balaban J connectivity index is 1.97. The van der Waals surface area contributed by atoms with Crippen LogP contribution in [0.5, 0.6) is 0 Å². The molecule has 126 valence electrons. The molecule has 1 aliphatic rings. The quantitative estimate of drug-likeness (QED) is 0.846. The van der Waals surface area contributed by atoms with E-state index in [0.717, 1.165) is 5.56 Å². The zero-order chi connectivity index (χ0) is 17.0. The van der Waals surface area contributed by atoms with E-state index < -0.39 is 24.4 Å². The smallest absolute Gasteiger partial charge is 0.337 e. The number of Topliss-reactive ketones (excluding diaryl/α,β-unsaturated/α-hetero) is 1. The van der Waals surface area contributed by atoms with Gasteiger partial charge in [0.25, 0.3) is 5.92 Å². The van der Waals surface area contributed by atoms with Crippen molar-refractivity contribution in [3.05, 3.63) is 35.4 Å². The number of nitrogens with one attached hydrogen (secondary N) is 1. The van der Waals surface area contributed by atoms with Gasteiger partial charge in [0, 0.05) is 25.8 Å². The van der Waals surface area contributed by atoms with Gasteiger partial charge in [0.15, 0.2) is 5.78 Å². The molecule has 1 unspecified atom stereocenters. The molecule has 0 spiro atoms. The largest absolute Gasteiger partial charge is 0.465 e. The molecule has 1 heterocycles. The van der Waals surface area contributed by atoms with E-state index in [0.29, 0.717) is 5.56 Å². The first-order valence-corrected chi connectivity index (χ1v) is 7.64. The third kappa shape index (κ3) is 4.58. The molecule has 0 saturated carbocycles. The van der Waals surface area contributed by atoms with E-state index in [9.17, 15) is 18.4 Å². The second-order valence-corrected chi connectivity index (χ2v) is 6.00. The Labute approximate surface area is 134 Å². The normalized spacial score (nSPS) is 21.5. The number of rotatable bonds is 5. The lowest BCUT2D eigenvalue weighted by atomic mass is 9.89. The Kier molecular flexibility index (Phi) is 5.46. The van der Waals surface area contributed by atoms with Crippen LogP contribution in [-0.2, 0) is 9.53 Å². The summed E-state index contributed by atoms with van der Waals surface area (Å²) in [6.45, 7) is 2.03. The number of benzene rings is 1. The standard InChI is InChI=1S/C17H21F2NO3/c1-11(12-3-5-13(6-4-12)16(22)23-2)9-15(21)14-10-17(18,19)7-8-20-14/h3-6,11,14,20H,7-10H2,1-2H3/t11-,14?/m1/s1. The average Bonchev–Trinajstić information content (AvgIpc) is 2.53. The number of methoxy groups -OCH3 is 1. The SMILES string of the molecule is COC(=O)c1ccc([C@H](C)CC(=O)C2CC(F)(F)CCN2)cc1. The number of alkyl halides is 2. The lowest BCUT2D eigenvalue weighted by Gasteiger charge is -2.29. The Bertz CT molecular complexity index is 572. The number of hydrogen-bond acceptors (Lipinski definition) is 4. The second-order valence-electron chi connectivity index (χ2n) is 6.00. The van der Waals surface area contributed by atoms with Gasteiger partial charge in [-0.1, -0.05) is 19.1 Å². The van der Waals surface area contributed by atoms with E-state index in [1.54, 1.807) is 24.3 Å². The van der Waals surface area contributed by atoms with E-state index in [2.05, 4.69) is 10.1 Å². The predicted octanol–water partition coefficient (Wildman–Crippen LogP) is 2.92. The molecule has 1 aromatic carbocycles. The summed E-state index contributed by atoms with van der Waals surface area (Å²) in [5, 5.41) is 2.87. The Morgan fingerprint density at radius 2 is 2.00 bits per heavy atom. The van der Waals surface area contributed by atoms with Gasteiger partial charge in [-0.05, 0) is 23.6 Å². The van der Waals surface area contributed by atoms with Gasteiger partial charge in [0.2, 0.25) is 0 Å². The summed E-state index contributed by atoms with van der Waals surface area (Å²) < 4.78 is 31.4. The number of hydrogen-bond donors (Lipinski definition) is 1. The Morgan fingerprint density at radius 1 is 1.35 bits per heavy atom. The summed E-state index contributed by atoms with van der Waals surface area (Å²) in [4.78, 5) is 23.6. The number of carbonyl (C=O) groups is 2. The van der Waals surface area contributed by atoms with Gasteiger partial charge >= 0.3 is 5.97 Å². The van der Waals surface area contributed by atoms with Gasteiger partial charge in [-0.2, -0.15) is 0 Å². The molecule has 6 heteroatoms. The molecule has 4 nitrogen and oxygen atoms in total. The minimum atomic E-state index is -2.77. The predicted molar refractivity (Wildman–Crippen MR) is 81.8 cm³/mol. The van der Waals surface area contributed by atoms with Crippen molar-refractivity contribution >= 4 is 11.8 Å². The highest BCUT2D eigenvalue weighted by molar-refractivity contribution is 5.89. The molecule has 0 bridgehead atoms. The number of piperidine rings is 1. The lowest BCUT2D eigenvalue weighted by Crippen LogP contribution is -2.48. The molecule has 2 rings (SSSR count). The molecule has 1 aromatic rings. The summed E-state index contributed by atoms with van der Waals surface area (Å²) in [6, 6.07) is 6.00. The lowest BCUT2D eigenvalue weighted by molar-refractivity contribution is -0.126. The molecule has 0 radical (unpaired) electrons. The number of ketones is 1. The average molecular weight is 325 g/mol. The highest BCUT2D eigenvalue weighted by Gasteiger charge is 2.38. The van der Waals surface area contributed by atoms with Gasteiger partial charge in [0.05, 0.1) is 18.7 Å². The third-order valence-corrected chi connectivity index (χ3v) is 4.18. The highest BCUT2D eigenvalue weighted by Crippen LogP contribution is 2.29. The summed E-state index contributed by atoms with van der Waals surface area (Å²) in [7, 11) is 1.31. The molecule has 23 heavy (non-hydrogen) atoms. The number of esters is 1. The van der Waals surface area contributed by atoms with E-state index >= 15 is 0 Å². The van der Waals surface area contributed by atoms with Crippen molar-refractivity contribution in [1.82, 2.24) is 5.32 Å². The van der Waals surface area contributed by atoms with Crippen LogP contribution in [0.1, 0.15) is 48.0 Å². The maximum atomic E-state index is 13.4. The van der Waals surface area contributed by atoms with Crippen LogP contribution in [0.25, 0.3) is 0 Å². The molecule has 1 aliphatic heterocycles. The zero-order valence-corrected chi connectivity index (χ0v) is 13.3. The van der Waals surface area contributed by atoms with Gasteiger partial charge in [0.1, 0.15) is 0 Å². The molecule has 1 saturated heterocycles. The van der Waals surface area contributed by atoms with Crippen molar-refractivity contribution in [1.29, 1.82) is 0 Å². The van der Waals surface area contributed by atoms with E-state index in [-0.39, 0.29) is 31.1 Å². The first-order chi connectivity index (χ1) is 10.8. The first kappa shape index (κ1) is 17.5. The van der Waals surface area contributed by atoms with Gasteiger partial charge < -0.3 is 10.1 Å². The fourth-order valence-electron chi connectivity index (χ4n) is 2.76. The first-order valence-electron chi connectivity index (χ1n) is 7.64. The molecule has 2 atom stereocenters. The Hall–Kier alpha value is -1.82. The topological polar surface area (TPSA) is 55.4 Å². The molecular weight excluding hydrogens is 304 g/mol. The maximum Gasteiger partial charge on any atom is 0.337 e. The minimum Gasteiger partial charge on any atom is -0.465 e. The van der Waals surface area contributed by atoms with E-state index in [1.165, 1.54) is 7.11 Å². The van der Waals surface area contributed by atoms with Crippen LogP contribution in [0.4, 0.5) is 8.78 Å². The van der Waals surface area contributed by atoms with Crippen LogP contribution in [0.15, 0.2) is 24.3 Å². The minimum absolute atomic E-state index is 0.105. The number of carbonyl (C=O) groups excluding carboxylic acids is 2. The second kappa shape index (κ2) is 7.17. The number of ether oxygens (including phenoxy) is 1. The van der Waals surface area contributed by atoms with Crippen LogP contribution >= 0.6 is 0 Å². The molecule has 1 fully saturated rings. The van der Waals surface area contributed by atoms with Crippen molar-refractivity contribution in [3.63, 3.8) is 0 Å². The summed E-state index contributed by atoms with van der Waals surface area (Å²) in [6.07, 6.45) is -0.466. The summed E-state index contributed by atoms with van der Waals surface area (Å²) in [5.74, 6) is -3.49. The van der Waals surface area contributed by atoms with Crippen molar-refractivity contribution in [2.75, 3.05) is 13.7 Å². The molecule has 0 aliphatic carbocycles. The molecule has 1 N–H and O–H groups in total. The summed E-state index contributed by atoms with van der Waals surface area (Å²) in [5.41, 5.74) is 1.32. The van der Waals surface area contributed by atoms with E-state index in [4.69, 9.17) is 0 Å². The van der Waals surface area contributed by atoms with Crippen LogP contribution in [-0.4, -0.2) is 37.4 Å². The summed E-state index contributed by atoms with van der Waals surface area (Å²) >= 11 is 0. The van der Waals surface area contributed by atoms with Crippen molar-refractivity contribution in [2.24, 2.45) is 0 Å². The van der Waals surface area contributed by atoms with Crippen LogP contribution < -0.4 is 5.32 Å². The van der Waals surface area contributed by atoms with Gasteiger partial charge in [-0.15, -0.1) is 0 Å². The maximum absolute atomic E-state index is 13.4. The van der Waals surface area contributed by atoms with Crippen molar-refractivity contribution in [3.8, 4) is 0 Å². The Morgan fingerprint density at radius 3 is 2.57 bits per heavy atom. The van der Waals surface area contributed by atoms with Gasteiger partial charge in [-0.3, -0.25) is 4.79 Å². The fourth-order valence-corrected chi connectivity index (χ4v) is 2.76. The van der Waals surface area contributed by atoms with Gasteiger partial charge in [-0.25, -0.2) is 13.6 Å². The fraction of sp³-hybridized carbons (Fsp3) is 0.529. The molecular formula is C17H21F2NO3. The van der Waals surface area contributed by atoms with Crippen molar-refractivity contribution < 1.29 is 23.1 Å². The van der Waals surface area contributed by atoms with Crippen LogP contribution in [0.2, 0.25) is 0 Å². The van der Waals surface area contributed by atoms with Crippen LogP contribution in [0.3, 0.4) is 0 Å². The molecule has 0 amide bonds. The zero-order valence-electron chi connectivity index (χ0n) is 13.3. The third-order valence-electron chi connectivity index (χ3n) is 4.18. The molecule has 0 aromatic heterocycles. The van der Waals surface area contributed by atoms with Crippen molar-refractivity contribution in [2.45, 2.75) is 44.1 Å².